The molecule has 0 bridgehead atoms. The lowest BCUT2D eigenvalue weighted by atomic mass is 10.0. The number of Topliss-reactive ketones (excluding diaryl/α,β-unsaturated/α-hetero) is 1. The molecule has 0 radical (unpaired) electrons. The summed E-state index contributed by atoms with van der Waals surface area (Å²) in [5, 5.41) is 3.87. The molecule has 0 amide bonds. The van der Waals surface area contributed by atoms with Crippen LogP contribution in [-0.4, -0.2) is 29.1 Å². The van der Waals surface area contributed by atoms with Crippen LogP contribution >= 0.6 is 0 Å². The zero-order chi connectivity index (χ0) is 10.7. The van der Waals surface area contributed by atoms with Crippen LogP contribution in [0.2, 0.25) is 0 Å². The number of nitrogens with zero attached hydrogens (tertiary/aromatic N) is 2. The van der Waals surface area contributed by atoms with Crippen molar-refractivity contribution in [3.05, 3.63) is 11.7 Å². The smallest absolute Gasteiger partial charge is 0.234 e. The van der Waals surface area contributed by atoms with Crippen LogP contribution in [0.3, 0.4) is 0 Å². The molecular formula is C10H14N2O3. The molecule has 0 N–H and O–H groups in total. The third-order valence-corrected chi connectivity index (χ3v) is 2.41. The van der Waals surface area contributed by atoms with Gasteiger partial charge < -0.3 is 9.26 Å². The van der Waals surface area contributed by atoms with Gasteiger partial charge in [0.15, 0.2) is 5.82 Å². The lowest BCUT2D eigenvalue weighted by molar-refractivity contribution is -0.116. The van der Waals surface area contributed by atoms with Gasteiger partial charge in [-0.1, -0.05) is 5.16 Å². The van der Waals surface area contributed by atoms with Crippen LogP contribution in [0.4, 0.5) is 0 Å². The van der Waals surface area contributed by atoms with Crippen LogP contribution in [0, 0.1) is 0 Å². The Morgan fingerprint density at radius 1 is 1.60 bits per heavy atom. The topological polar surface area (TPSA) is 65.2 Å². The fourth-order valence-corrected chi connectivity index (χ4v) is 1.66. The maximum absolute atomic E-state index is 10.8. The molecule has 1 aliphatic heterocycles. The maximum Gasteiger partial charge on any atom is 0.234 e. The first-order chi connectivity index (χ1) is 7.25. The maximum atomic E-state index is 10.8. The standard InChI is InChI=1S/C10H14N2O3/c1-7(13)5-9-11-10(12-15-9)8-3-2-4-14-6-8/h8H,2-6H2,1H3. The number of carbonyl (C=O) groups excluding carboxylic acids is 1. The van der Waals surface area contributed by atoms with Crippen LogP contribution < -0.4 is 0 Å². The Labute approximate surface area is 87.8 Å². The molecule has 0 saturated carbocycles. The van der Waals surface area contributed by atoms with E-state index in [0.29, 0.717) is 18.3 Å². The van der Waals surface area contributed by atoms with Gasteiger partial charge in [0.25, 0.3) is 0 Å². The molecule has 5 heteroatoms. The Morgan fingerprint density at radius 2 is 2.47 bits per heavy atom. The molecule has 1 aromatic heterocycles. The van der Waals surface area contributed by atoms with E-state index in [0.717, 1.165) is 19.4 Å². The molecule has 5 nitrogen and oxygen atoms in total. The Bertz CT molecular complexity index is 342. The predicted molar refractivity (Wildman–Crippen MR) is 51.5 cm³/mol. The Balaban J connectivity index is 2.02. The highest BCUT2D eigenvalue weighted by Gasteiger charge is 2.21. The molecule has 2 rings (SSSR count). The summed E-state index contributed by atoms with van der Waals surface area (Å²) < 4.78 is 10.3. The quantitative estimate of drug-likeness (QED) is 0.747. The van der Waals surface area contributed by atoms with Crippen molar-refractivity contribution in [3.63, 3.8) is 0 Å². The fourth-order valence-electron chi connectivity index (χ4n) is 1.66. The largest absolute Gasteiger partial charge is 0.381 e. The normalized spacial score (nSPS) is 21.5. The first kappa shape index (κ1) is 10.3. The van der Waals surface area contributed by atoms with Crippen molar-refractivity contribution >= 4 is 5.78 Å². The molecule has 2 heterocycles. The van der Waals surface area contributed by atoms with E-state index in [1.165, 1.54) is 6.92 Å². The fraction of sp³-hybridized carbons (Fsp3) is 0.700. The van der Waals surface area contributed by atoms with E-state index in [2.05, 4.69) is 10.1 Å². The van der Waals surface area contributed by atoms with Gasteiger partial charge in [0.2, 0.25) is 5.89 Å². The van der Waals surface area contributed by atoms with E-state index in [4.69, 9.17) is 9.26 Å². The van der Waals surface area contributed by atoms with Crippen LogP contribution in [-0.2, 0) is 16.0 Å². The number of hydrogen-bond acceptors (Lipinski definition) is 5. The van der Waals surface area contributed by atoms with Crippen molar-refractivity contribution in [2.75, 3.05) is 13.2 Å². The highest BCUT2D eigenvalue weighted by atomic mass is 16.5. The molecule has 1 aliphatic rings. The summed E-state index contributed by atoms with van der Waals surface area (Å²) in [4.78, 5) is 15.0. The number of rotatable bonds is 3. The molecule has 0 aromatic carbocycles. The van der Waals surface area contributed by atoms with Crippen LogP contribution in [0.15, 0.2) is 4.52 Å². The Hall–Kier alpha value is -1.23. The minimum atomic E-state index is 0.0325. The van der Waals surface area contributed by atoms with Gasteiger partial charge in [0.05, 0.1) is 13.0 Å². The summed E-state index contributed by atoms with van der Waals surface area (Å²) in [6.45, 7) is 2.97. The summed E-state index contributed by atoms with van der Waals surface area (Å²) in [7, 11) is 0. The second kappa shape index (κ2) is 4.53. The summed E-state index contributed by atoms with van der Waals surface area (Å²) in [6.07, 6.45) is 2.28. The van der Waals surface area contributed by atoms with Crippen LogP contribution in [0.25, 0.3) is 0 Å². The molecule has 1 unspecified atom stereocenters. The molecule has 0 spiro atoms. The van der Waals surface area contributed by atoms with E-state index >= 15 is 0 Å². The summed E-state index contributed by atoms with van der Waals surface area (Å²) in [6, 6.07) is 0. The summed E-state index contributed by atoms with van der Waals surface area (Å²) in [5.74, 6) is 1.34. The van der Waals surface area contributed by atoms with E-state index in [-0.39, 0.29) is 18.1 Å². The molecule has 1 atom stereocenters. The minimum Gasteiger partial charge on any atom is -0.381 e. The SMILES string of the molecule is CC(=O)Cc1nc(C2CCCOC2)no1. The third-order valence-electron chi connectivity index (χ3n) is 2.41. The zero-order valence-corrected chi connectivity index (χ0v) is 8.73. The number of ether oxygens (including phenoxy) is 1. The van der Waals surface area contributed by atoms with Gasteiger partial charge in [0, 0.05) is 12.5 Å². The monoisotopic (exact) mass is 210 g/mol. The minimum absolute atomic E-state index is 0.0325. The summed E-state index contributed by atoms with van der Waals surface area (Å²) in [5.41, 5.74) is 0. The van der Waals surface area contributed by atoms with Crippen LogP contribution in [0.1, 0.15) is 37.4 Å². The predicted octanol–water partition coefficient (Wildman–Crippen LogP) is 1.10. The van der Waals surface area contributed by atoms with Gasteiger partial charge in [-0.3, -0.25) is 4.79 Å². The molecule has 1 saturated heterocycles. The van der Waals surface area contributed by atoms with Gasteiger partial charge >= 0.3 is 0 Å². The Morgan fingerprint density at radius 3 is 3.13 bits per heavy atom. The molecule has 0 aliphatic carbocycles. The average molecular weight is 210 g/mol. The number of aromatic nitrogens is 2. The molecule has 15 heavy (non-hydrogen) atoms. The number of carbonyl (C=O) groups is 1. The average Bonchev–Trinajstić information content (AvgIpc) is 2.67. The highest BCUT2D eigenvalue weighted by molar-refractivity contribution is 5.77. The van der Waals surface area contributed by atoms with E-state index in [1.54, 1.807) is 0 Å². The first-order valence-electron chi connectivity index (χ1n) is 5.15. The van der Waals surface area contributed by atoms with Crippen molar-refractivity contribution < 1.29 is 14.1 Å². The van der Waals surface area contributed by atoms with Crippen molar-refractivity contribution in [1.82, 2.24) is 10.1 Å². The van der Waals surface area contributed by atoms with E-state index in [1.807, 2.05) is 0 Å². The van der Waals surface area contributed by atoms with Crippen molar-refractivity contribution in [2.45, 2.75) is 32.1 Å². The van der Waals surface area contributed by atoms with Gasteiger partial charge in [-0.2, -0.15) is 4.98 Å². The second-order valence-corrected chi connectivity index (χ2v) is 3.84. The molecule has 1 aromatic rings. The Kier molecular flexibility index (Phi) is 3.11. The third kappa shape index (κ3) is 2.62. The molecule has 82 valence electrons. The van der Waals surface area contributed by atoms with E-state index in [9.17, 15) is 4.79 Å². The zero-order valence-electron chi connectivity index (χ0n) is 8.73. The van der Waals surface area contributed by atoms with Gasteiger partial charge in [-0.05, 0) is 19.8 Å². The van der Waals surface area contributed by atoms with Crippen molar-refractivity contribution in [2.24, 2.45) is 0 Å². The molecular weight excluding hydrogens is 196 g/mol. The lowest BCUT2D eigenvalue weighted by Gasteiger charge is -2.18. The van der Waals surface area contributed by atoms with Crippen molar-refractivity contribution in [3.8, 4) is 0 Å². The summed E-state index contributed by atoms with van der Waals surface area (Å²) >= 11 is 0. The second-order valence-electron chi connectivity index (χ2n) is 3.84. The highest BCUT2D eigenvalue weighted by Crippen LogP contribution is 2.22. The number of hydrogen-bond donors (Lipinski definition) is 0. The van der Waals surface area contributed by atoms with Crippen LogP contribution in [0.5, 0.6) is 0 Å². The lowest BCUT2D eigenvalue weighted by Crippen LogP contribution is -2.16. The van der Waals surface area contributed by atoms with Gasteiger partial charge in [-0.15, -0.1) is 0 Å². The van der Waals surface area contributed by atoms with E-state index < -0.39 is 0 Å². The van der Waals surface area contributed by atoms with Crippen molar-refractivity contribution in [1.29, 1.82) is 0 Å². The number of ketones is 1. The molecule has 1 fully saturated rings. The first-order valence-corrected chi connectivity index (χ1v) is 5.15. The van der Waals surface area contributed by atoms with Gasteiger partial charge in [0.1, 0.15) is 5.78 Å². The van der Waals surface area contributed by atoms with Gasteiger partial charge in [-0.25, -0.2) is 0 Å².